The molecular weight excluding hydrogens is 368 g/mol. The van der Waals surface area contributed by atoms with E-state index in [1.807, 2.05) is 6.92 Å². The molecule has 0 unspecified atom stereocenters. The average Bonchev–Trinajstić information content (AvgIpc) is 3.20. The molecule has 2 aliphatic rings. The van der Waals surface area contributed by atoms with Crippen LogP contribution in [0.15, 0.2) is 29.2 Å². The molecule has 0 aliphatic carbocycles. The lowest BCUT2D eigenvalue weighted by Crippen LogP contribution is -2.46. The smallest absolute Gasteiger partial charge is 0.243 e. The quantitative estimate of drug-likeness (QED) is 0.759. The Labute approximate surface area is 161 Å². The van der Waals surface area contributed by atoms with Crippen molar-refractivity contribution in [3.05, 3.63) is 24.3 Å². The molecule has 1 aromatic carbocycles. The van der Waals surface area contributed by atoms with Gasteiger partial charge >= 0.3 is 0 Å². The van der Waals surface area contributed by atoms with Crippen molar-refractivity contribution >= 4 is 15.9 Å². The standard InChI is InChI=1S/C19H28N2O5S/c1-2-25-16-7-9-18(10-8-16)27(23,24)21-11-3-5-15(14-21)19(22)20-13-17-6-4-12-26-17/h7-10,15,17H,2-6,11-14H2,1H3,(H,20,22)/t15-,17+/m1/s1. The largest absolute Gasteiger partial charge is 0.494 e. The maximum absolute atomic E-state index is 12.9. The van der Waals surface area contributed by atoms with Crippen molar-refractivity contribution in [2.24, 2.45) is 5.92 Å². The number of sulfonamides is 1. The summed E-state index contributed by atoms with van der Waals surface area (Å²) in [6.07, 6.45) is 3.45. The monoisotopic (exact) mass is 396 g/mol. The van der Waals surface area contributed by atoms with Crippen LogP contribution >= 0.6 is 0 Å². The van der Waals surface area contributed by atoms with E-state index in [4.69, 9.17) is 9.47 Å². The molecule has 27 heavy (non-hydrogen) atoms. The first-order valence-corrected chi connectivity index (χ1v) is 11.1. The third kappa shape index (κ3) is 5.00. The Morgan fingerprint density at radius 1 is 1.26 bits per heavy atom. The minimum atomic E-state index is -3.62. The van der Waals surface area contributed by atoms with Gasteiger partial charge in [0, 0.05) is 26.2 Å². The van der Waals surface area contributed by atoms with E-state index in [-0.39, 0.29) is 29.4 Å². The van der Waals surface area contributed by atoms with Gasteiger partial charge in [0.1, 0.15) is 5.75 Å². The maximum atomic E-state index is 12.9. The van der Waals surface area contributed by atoms with Gasteiger partial charge in [-0.3, -0.25) is 4.79 Å². The summed E-state index contributed by atoms with van der Waals surface area (Å²) in [5.74, 6) is 0.233. The second-order valence-corrected chi connectivity index (χ2v) is 8.92. The van der Waals surface area contributed by atoms with Gasteiger partial charge < -0.3 is 14.8 Å². The Hall–Kier alpha value is -1.64. The van der Waals surface area contributed by atoms with Crippen molar-refractivity contribution in [1.82, 2.24) is 9.62 Å². The van der Waals surface area contributed by atoms with Crippen LogP contribution < -0.4 is 10.1 Å². The van der Waals surface area contributed by atoms with Crippen LogP contribution in [0.25, 0.3) is 0 Å². The van der Waals surface area contributed by atoms with Gasteiger partial charge in [-0.2, -0.15) is 4.31 Å². The normalized spacial score (nSPS) is 23.9. The number of carbonyl (C=O) groups is 1. The predicted molar refractivity (Wildman–Crippen MR) is 101 cm³/mol. The van der Waals surface area contributed by atoms with E-state index < -0.39 is 10.0 Å². The molecular formula is C19H28N2O5S. The van der Waals surface area contributed by atoms with Crippen molar-refractivity contribution in [3.8, 4) is 5.75 Å². The van der Waals surface area contributed by atoms with E-state index in [0.29, 0.717) is 38.3 Å². The predicted octanol–water partition coefficient (Wildman–Crippen LogP) is 1.78. The molecule has 2 saturated heterocycles. The highest BCUT2D eigenvalue weighted by Gasteiger charge is 2.33. The van der Waals surface area contributed by atoms with E-state index in [2.05, 4.69) is 5.32 Å². The van der Waals surface area contributed by atoms with E-state index in [9.17, 15) is 13.2 Å². The Kier molecular flexibility index (Phi) is 6.73. The molecule has 0 aromatic heterocycles. The summed E-state index contributed by atoms with van der Waals surface area (Å²) in [5.41, 5.74) is 0. The van der Waals surface area contributed by atoms with Gasteiger partial charge in [-0.05, 0) is 56.9 Å². The lowest BCUT2D eigenvalue weighted by Gasteiger charge is -2.31. The summed E-state index contributed by atoms with van der Waals surface area (Å²) in [6, 6.07) is 6.43. The minimum absolute atomic E-state index is 0.0845. The average molecular weight is 397 g/mol. The number of piperidine rings is 1. The molecule has 0 spiro atoms. The number of nitrogens with zero attached hydrogens (tertiary/aromatic N) is 1. The molecule has 0 saturated carbocycles. The summed E-state index contributed by atoms with van der Waals surface area (Å²) in [7, 11) is -3.62. The van der Waals surface area contributed by atoms with Crippen LogP contribution in [0.4, 0.5) is 0 Å². The summed E-state index contributed by atoms with van der Waals surface area (Å²) in [6.45, 7) is 4.31. The molecule has 2 heterocycles. The lowest BCUT2D eigenvalue weighted by atomic mass is 9.99. The highest BCUT2D eigenvalue weighted by Crippen LogP contribution is 2.25. The van der Waals surface area contributed by atoms with E-state index in [1.54, 1.807) is 24.3 Å². The molecule has 2 aliphatic heterocycles. The zero-order valence-electron chi connectivity index (χ0n) is 15.7. The molecule has 1 aromatic rings. The van der Waals surface area contributed by atoms with Gasteiger partial charge in [-0.25, -0.2) is 8.42 Å². The highest BCUT2D eigenvalue weighted by molar-refractivity contribution is 7.89. The molecule has 0 bridgehead atoms. The number of carbonyl (C=O) groups excluding carboxylic acids is 1. The number of amides is 1. The van der Waals surface area contributed by atoms with Gasteiger partial charge in [-0.1, -0.05) is 0 Å². The van der Waals surface area contributed by atoms with Crippen LogP contribution in [0.3, 0.4) is 0 Å². The first kappa shape index (κ1) is 20.1. The molecule has 1 N–H and O–H groups in total. The zero-order valence-corrected chi connectivity index (χ0v) is 16.5. The van der Waals surface area contributed by atoms with Gasteiger partial charge in [0.25, 0.3) is 0 Å². The molecule has 2 fully saturated rings. The topological polar surface area (TPSA) is 84.9 Å². The lowest BCUT2D eigenvalue weighted by molar-refractivity contribution is -0.126. The fourth-order valence-electron chi connectivity index (χ4n) is 3.56. The van der Waals surface area contributed by atoms with Crippen molar-refractivity contribution in [3.63, 3.8) is 0 Å². The third-order valence-electron chi connectivity index (χ3n) is 5.06. The van der Waals surface area contributed by atoms with E-state index >= 15 is 0 Å². The van der Waals surface area contributed by atoms with Crippen molar-refractivity contribution in [2.75, 3.05) is 32.8 Å². The second kappa shape index (κ2) is 9.03. The van der Waals surface area contributed by atoms with Gasteiger partial charge in [0.2, 0.25) is 15.9 Å². The van der Waals surface area contributed by atoms with Crippen LogP contribution in [-0.2, 0) is 19.6 Å². The first-order chi connectivity index (χ1) is 13.0. The van der Waals surface area contributed by atoms with Gasteiger partial charge in [-0.15, -0.1) is 0 Å². The molecule has 0 radical (unpaired) electrons. The first-order valence-electron chi connectivity index (χ1n) is 9.63. The summed E-state index contributed by atoms with van der Waals surface area (Å²) in [5, 5.41) is 2.93. The third-order valence-corrected chi connectivity index (χ3v) is 6.93. The molecule has 150 valence electrons. The Balaban J connectivity index is 1.60. The SMILES string of the molecule is CCOc1ccc(S(=O)(=O)N2CCC[C@@H](C(=O)NC[C@@H]3CCCO3)C2)cc1. The van der Waals surface area contributed by atoms with Crippen molar-refractivity contribution < 1.29 is 22.7 Å². The summed E-state index contributed by atoms with van der Waals surface area (Å²) >= 11 is 0. The Morgan fingerprint density at radius 2 is 2.04 bits per heavy atom. The molecule has 1 amide bonds. The fourth-order valence-corrected chi connectivity index (χ4v) is 5.09. The highest BCUT2D eigenvalue weighted by atomic mass is 32.2. The molecule has 8 heteroatoms. The van der Waals surface area contributed by atoms with Crippen LogP contribution in [-0.4, -0.2) is 57.6 Å². The van der Waals surface area contributed by atoms with Crippen LogP contribution in [0.5, 0.6) is 5.75 Å². The van der Waals surface area contributed by atoms with Crippen LogP contribution in [0, 0.1) is 5.92 Å². The minimum Gasteiger partial charge on any atom is -0.494 e. The number of rotatable bonds is 7. The summed E-state index contributed by atoms with van der Waals surface area (Å²) < 4.78 is 38.2. The van der Waals surface area contributed by atoms with Crippen molar-refractivity contribution in [1.29, 1.82) is 0 Å². The van der Waals surface area contributed by atoms with Crippen LogP contribution in [0.1, 0.15) is 32.6 Å². The number of ether oxygens (including phenoxy) is 2. The fraction of sp³-hybridized carbons (Fsp3) is 0.632. The number of benzene rings is 1. The number of nitrogens with one attached hydrogen (secondary N) is 1. The molecule has 2 atom stereocenters. The Bertz CT molecular complexity index is 729. The van der Waals surface area contributed by atoms with Gasteiger partial charge in [0.15, 0.2) is 0 Å². The van der Waals surface area contributed by atoms with Crippen LogP contribution in [0.2, 0.25) is 0 Å². The summed E-state index contributed by atoms with van der Waals surface area (Å²) in [4.78, 5) is 12.7. The van der Waals surface area contributed by atoms with E-state index in [1.165, 1.54) is 4.31 Å². The van der Waals surface area contributed by atoms with Crippen molar-refractivity contribution in [2.45, 2.75) is 43.6 Å². The van der Waals surface area contributed by atoms with E-state index in [0.717, 1.165) is 19.4 Å². The van der Waals surface area contributed by atoms with Gasteiger partial charge in [0.05, 0.1) is 23.5 Å². The second-order valence-electron chi connectivity index (χ2n) is 6.99. The Morgan fingerprint density at radius 3 is 2.70 bits per heavy atom. The molecule has 7 nitrogen and oxygen atoms in total. The number of hydrogen-bond donors (Lipinski definition) is 1. The molecule has 3 rings (SSSR count). The number of hydrogen-bond acceptors (Lipinski definition) is 5. The maximum Gasteiger partial charge on any atom is 0.243 e. The zero-order chi connectivity index (χ0) is 19.3.